The lowest BCUT2D eigenvalue weighted by molar-refractivity contribution is 0.157. The maximum atomic E-state index is 9.22. The minimum atomic E-state index is -0.0377. The number of nitriles is 1. The maximum Gasteiger partial charge on any atom is 0.108 e. The standard InChI is InChI=1S/C15H31N3/c1-6-9-17-14(10-16)12-18(11-13(4)5)15(7-2)8-3/h13-15,17H,6-9,11-12H2,1-5H3. The van der Waals surface area contributed by atoms with Gasteiger partial charge in [-0.05, 0) is 31.7 Å². The highest BCUT2D eigenvalue weighted by atomic mass is 15.2. The van der Waals surface area contributed by atoms with Crippen molar-refractivity contribution in [1.82, 2.24) is 10.2 Å². The van der Waals surface area contributed by atoms with Gasteiger partial charge in [0.05, 0.1) is 6.07 Å². The molecule has 0 rings (SSSR count). The summed E-state index contributed by atoms with van der Waals surface area (Å²) in [6.45, 7) is 14.0. The zero-order chi connectivity index (χ0) is 14.0. The first-order valence-corrected chi connectivity index (χ1v) is 7.45. The average Bonchev–Trinajstić information content (AvgIpc) is 2.34. The van der Waals surface area contributed by atoms with E-state index >= 15 is 0 Å². The van der Waals surface area contributed by atoms with Crippen molar-refractivity contribution in [3.8, 4) is 6.07 Å². The van der Waals surface area contributed by atoms with Crippen LogP contribution in [0.2, 0.25) is 0 Å². The van der Waals surface area contributed by atoms with Gasteiger partial charge in [0, 0.05) is 19.1 Å². The Morgan fingerprint density at radius 2 is 1.72 bits per heavy atom. The number of nitrogens with one attached hydrogen (secondary N) is 1. The first-order chi connectivity index (χ1) is 8.58. The van der Waals surface area contributed by atoms with Gasteiger partial charge < -0.3 is 5.32 Å². The third-order valence-corrected chi connectivity index (χ3v) is 3.27. The molecule has 0 aliphatic heterocycles. The van der Waals surface area contributed by atoms with Crippen LogP contribution in [-0.2, 0) is 0 Å². The Labute approximate surface area is 114 Å². The molecular formula is C15H31N3. The molecule has 1 atom stereocenters. The molecule has 3 nitrogen and oxygen atoms in total. The predicted octanol–water partition coefficient (Wildman–Crippen LogP) is 3.02. The van der Waals surface area contributed by atoms with Crippen LogP contribution < -0.4 is 5.32 Å². The molecule has 0 fully saturated rings. The van der Waals surface area contributed by atoms with Crippen LogP contribution in [0, 0.1) is 17.2 Å². The molecule has 0 radical (unpaired) electrons. The van der Waals surface area contributed by atoms with Gasteiger partial charge in [-0.15, -0.1) is 0 Å². The molecule has 0 saturated carbocycles. The van der Waals surface area contributed by atoms with Crippen molar-refractivity contribution in [2.45, 2.75) is 66.0 Å². The molecule has 1 unspecified atom stereocenters. The molecule has 3 heteroatoms. The second kappa shape index (κ2) is 10.3. The molecule has 0 aromatic heterocycles. The minimum Gasteiger partial charge on any atom is -0.301 e. The van der Waals surface area contributed by atoms with E-state index < -0.39 is 0 Å². The van der Waals surface area contributed by atoms with Crippen molar-refractivity contribution >= 4 is 0 Å². The van der Waals surface area contributed by atoms with E-state index in [9.17, 15) is 5.26 Å². The molecule has 0 aliphatic carbocycles. The molecule has 0 aromatic rings. The summed E-state index contributed by atoms with van der Waals surface area (Å²) in [6, 6.07) is 2.96. The van der Waals surface area contributed by atoms with E-state index in [1.807, 2.05) is 0 Å². The van der Waals surface area contributed by atoms with Gasteiger partial charge in [0.2, 0.25) is 0 Å². The van der Waals surface area contributed by atoms with E-state index in [0.717, 1.165) is 38.9 Å². The highest BCUT2D eigenvalue weighted by Gasteiger charge is 2.20. The Morgan fingerprint density at radius 3 is 2.11 bits per heavy atom. The molecular weight excluding hydrogens is 222 g/mol. The SMILES string of the molecule is CCCNC(C#N)CN(CC(C)C)C(CC)CC. The topological polar surface area (TPSA) is 39.1 Å². The highest BCUT2D eigenvalue weighted by Crippen LogP contribution is 2.12. The van der Waals surface area contributed by atoms with E-state index in [1.54, 1.807) is 0 Å². The van der Waals surface area contributed by atoms with Gasteiger partial charge in [-0.3, -0.25) is 4.90 Å². The first-order valence-electron chi connectivity index (χ1n) is 7.45. The Bertz CT molecular complexity index is 228. The molecule has 0 spiro atoms. The Balaban J connectivity index is 4.49. The van der Waals surface area contributed by atoms with E-state index in [0.29, 0.717) is 12.0 Å². The largest absolute Gasteiger partial charge is 0.301 e. The van der Waals surface area contributed by atoms with E-state index in [-0.39, 0.29) is 6.04 Å². The summed E-state index contributed by atoms with van der Waals surface area (Å²) in [5.74, 6) is 0.649. The van der Waals surface area contributed by atoms with Gasteiger partial charge in [-0.2, -0.15) is 5.26 Å². The summed E-state index contributed by atoms with van der Waals surface area (Å²) in [6.07, 6.45) is 3.40. The van der Waals surface area contributed by atoms with Crippen LogP contribution in [0.25, 0.3) is 0 Å². The van der Waals surface area contributed by atoms with Crippen molar-refractivity contribution in [3.63, 3.8) is 0 Å². The van der Waals surface area contributed by atoms with E-state index in [1.165, 1.54) is 0 Å². The molecule has 18 heavy (non-hydrogen) atoms. The molecule has 0 saturated heterocycles. The van der Waals surface area contributed by atoms with Crippen LogP contribution in [0.3, 0.4) is 0 Å². The average molecular weight is 253 g/mol. The van der Waals surface area contributed by atoms with Crippen LogP contribution in [0.5, 0.6) is 0 Å². The van der Waals surface area contributed by atoms with E-state index in [2.05, 4.69) is 50.9 Å². The molecule has 0 heterocycles. The second-order valence-electron chi connectivity index (χ2n) is 5.45. The van der Waals surface area contributed by atoms with Gasteiger partial charge in [0.15, 0.2) is 0 Å². The van der Waals surface area contributed by atoms with Gasteiger partial charge in [0.25, 0.3) is 0 Å². The third-order valence-electron chi connectivity index (χ3n) is 3.27. The van der Waals surface area contributed by atoms with Gasteiger partial charge >= 0.3 is 0 Å². The lowest BCUT2D eigenvalue weighted by Gasteiger charge is -2.33. The molecule has 0 amide bonds. The normalized spacial score (nSPS) is 13.3. The van der Waals surface area contributed by atoms with Crippen molar-refractivity contribution < 1.29 is 0 Å². The summed E-state index contributed by atoms with van der Waals surface area (Å²) in [4.78, 5) is 2.49. The predicted molar refractivity (Wildman–Crippen MR) is 78.5 cm³/mol. The maximum absolute atomic E-state index is 9.22. The molecule has 0 aromatic carbocycles. The summed E-state index contributed by atoms with van der Waals surface area (Å²) >= 11 is 0. The lowest BCUT2D eigenvalue weighted by atomic mass is 10.1. The van der Waals surface area contributed by atoms with Crippen LogP contribution in [-0.4, -0.2) is 36.6 Å². The van der Waals surface area contributed by atoms with Crippen molar-refractivity contribution in [2.24, 2.45) is 5.92 Å². The van der Waals surface area contributed by atoms with Gasteiger partial charge in [0.1, 0.15) is 6.04 Å². The summed E-state index contributed by atoms with van der Waals surface area (Å²) in [7, 11) is 0. The smallest absolute Gasteiger partial charge is 0.108 e. The van der Waals surface area contributed by atoms with Gasteiger partial charge in [-0.25, -0.2) is 0 Å². The fourth-order valence-electron chi connectivity index (χ4n) is 2.35. The monoisotopic (exact) mass is 253 g/mol. The summed E-state index contributed by atoms with van der Waals surface area (Å²) < 4.78 is 0. The summed E-state index contributed by atoms with van der Waals surface area (Å²) in [5.41, 5.74) is 0. The zero-order valence-electron chi connectivity index (χ0n) is 12.9. The highest BCUT2D eigenvalue weighted by molar-refractivity contribution is 4.93. The van der Waals surface area contributed by atoms with Crippen molar-refractivity contribution in [1.29, 1.82) is 5.26 Å². The number of hydrogen-bond acceptors (Lipinski definition) is 3. The molecule has 0 aliphatic rings. The van der Waals surface area contributed by atoms with Crippen LogP contribution in [0.15, 0.2) is 0 Å². The number of nitrogens with zero attached hydrogens (tertiary/aromatic N) is 2. The Hall–Kier alpha value is -0.590. The first kappa shape index (κ1) is 17.4. The molecule has 1 N–H and O–H groups in total. The second-order valence-corrected chi connectivity index (χ2v) is 5.45. The van der Waals surface area contributed by atoms with Crippen LogP contribution in [0.4, 0.5) is 0 Å². The van der Waals surface area contributed by atoms with Crippen LogP contribution >= 0.6 is 0 Å². The third kappa shape index (κ3) is 6.98. The zero-order valence-corrected chi connectivity index (χ0v) is 12.9. The molecule has 0 bridgehead atoms. The van der Waals surface area contributed by atoms with Crippen molar-refractivity contribution in [2.75, 3.05) is 19.6 Å². The van der Waals surface area contributed by atoms with Gasteiger partial charge in [-0.1, -0.05) is 34.6 Å². The van der Waals surface area contributed by atoms with Crippen LogP contribution in [0.1, 0.15) is 53.9 Å². The minimum absolute atomic E-state index is 0.0377. The Morgan fingerprint density at radius 1 is 1.11 bits per heavy atom. The Kier molecular flexibility index (Phi) is 10.0. The van der Waals surface area contributed by atoms with E-state index in [4.69, 9.17) is 0 Å². The van der Waals surface area contributed by atoms with Crippen molar-refractivity contribution in [3.05, 3.63) is 0 Å². The quantitative estimate of drug-likeness (QED) is 0.650. The molecule has 106 valence electrons. The fourth-order valence-corrected chi connectivity index (χ4v) is 2.35. The number of hydrogen-bond donors (Lipinski definition) is 1. The summed E-state index contributed by atoms with van der Waals surface area (Å²) in [5, 5.41) is 12.5. The lowest BCUT2D eigenvalue weighted by Crippen LogP contribution is -2.46. The fraction of sp³-hybridized carbons (Fsp3) is 0.933. The number of rotatable bonds is 10.